The molecular weight excluding hydrogens is 296 g/mol. The van der Waals surface area contributed by atoms with Crippen molar-refractivity contribution >= 4 is 30.1 Å². The van der Waals surface area contributed by atoms with Crippen LogP contribution < -0.4 is 15.8 Å². The molecule has 0 heterocycles. The molecular formula is C14H21ClN2O2S. The van der Waals surface area contributed by atoms with E-state index in [0.29, 0.717) is 18.2 Å². The fraction of sp³-hybridized carbons (Fsp3) is 0.500. The third-order valence-electron chi connectivity index (χ3n) is 3.17. The van der Waals surface area contributed by atoms with Gasteiger partial charge in [-0.05, 0) is 37.0 Å². The first-order valence-corrected chi connectivity index (χ1v) is 7.46. The van der Waals surface area contributed by atoms with Gasteiger partial charge in [0.15, 0.2) is 0 Å². The molecule has 0 aliphatic heterocycles. The zero-order valence-electron chi connectivity index (χ0n) is 11.5. The van der Waals surface area contributed by atoms with E-state index in [1.165, 1.54) is 24.6 Å². The first-order valence-electron chi connectivity index (χ1n) is 6.48. The van der Waals surface area contributed by atoms with E-state index in [4.69, 9.17) is 10.5 Å². The first-order chi connectivity index (χ1) is 9.19. The second-order valence-electron chi connectivity index (χ2n) is 4.77. The average Bonchev–Trinajstić information content (AvgIpc) is 3.27. The summed E-state index contributed by atoms with van der Waals surface area (Å²) < 4.78 is 5.14. The van der Waals surface area contributed by atoms with Crippen molar-refractivity contribution in [1.29, 1.82) is 0 Å². The molecule has 1 atom stereocenters. The van der Waals surface area contributed by atoms with Gasteiger partial charge in [-0.1, -0.05) is 6.07 Å². The summed E-state index contributed by atoms with van der Waals surface area (Å²) in [6, 6.07) is 7.82. The van der Waals surface area contributed by atoms with E-state index in [1.807, 2.05) is 24.3 Å². The lowest BCUT2D eigenvalue weighted by Crippen LogP contribution is -2.39. The van der Waals surface area contributed by atoms with E-state index in [0.717, 1.165) is 10.6 Å². The van der Waals surface area contributed by atoms with E-state index < -0.39 is 0 Å². The predicted molar refractivity (Wildman–Crippen MR) is 84.7 cm³/mol. The zero-order chi connectivity index (χ0) is 13.7. The minimum Gasteiger partial charge on any atom is -0.497 e. The Kier molecular flexibility index (Phi) is 7.19. The summed E-state index contributed by atoms with van der Waals surface area (Å²) in [6.45, 7) is 0.585. The van der Waals surface area contributed by atoms with Crippen LogP contribution in [0.3, 0.4) is 0 Å². The molecule has 6 heteroatoms. The maximum atomic E-state index is 11.7. The third-order valence-corrected chi connectivity index (χ3v) is 4.17. The number of benzene rings is 1. The summed E-state index contributed by atoms with van der Waals surface area (Å²) in [4.78, 5) is 12.7. The molecule has 3 N–H and O–H groups in total. The largest absolute Gasteiger partial charge is 0.497 e. The van der Waals surface area contributed by atoms with Crippen molar-refractivity contribution < 1.29 is 9.53 Å². The Bertz CT molecular complexity index is 441. The van der Waals surface area contributed by atoms with Crippen LogP contribution in [-0.4, -0.2) is 31.4 Å². The number of nitrogens with one attached hydrogen (secondary N) is 1. The molecule has 0 saturated heterocycles. The van der Waals surface area contributed by atoms with Crippen molar-refractivity contribution in [2.24, 2.45) is 11.7 Å². The van der Waals surface area contributed by atoms with E-state index >= 15 is 0 Å². The van der Waals surface area contributed by atoms with Gasteiger partial charge in [0.25, 0.3) is 0 Å². The molecule has 0 radical (unpaired) electrons. The van der Waals surface area contributed by atoms with Crippen molar-refractivity contribution in [3.8, 4) is 5.75 Å². The molecule has 1 aliphatic rings. The lowest BCUT2D eigenvalue weighted by molar-refractivity contribution is -0.118. The minimum absolute atomic E-state index is 0. The highest BCUT2D eigenvalue weighted by Gasteiger charge is 2.28. The summed E-state index contributed by atoms with van der Waals surface area (Å²) >= 11 is 1.50. The molecule has 1 amide bonds. The van der Waals surface area contributed by atoms with Gasteiger partial charge in [0.2, 0.25) is 5.91 Å². The number of amides is 1. The fourth-order valence-electron chi connectivity index (χ4n) is 1.81. The van der Waals surface area contributed by atoms with Crippen molar-refractivity contribution in [2.45, 2.75) is 23.8 Å². The molecule has 1 aliphatic carbocycles. The first kappa shape index (κ1) is 17.1. The summed E-state index contributed by atoms with van der Waals surface area (Å²) in [6.07, 6.45) is 2.41. The van der Waals surface area contributed by atoms with Gasteiger partial charge in [-0.2, -0.15) is 0 Å². The zero-order valence-corrected chi connectivity index (χ0v) is 13.1. The van der Waals surface area contributed by atoms with Gasteiger partial charge in [-0.25, -0.2) is 0 Å². The van der Waals surface area contributed by atoms with Gasteiger partial charge in [-0.3, -0.25) is 4.79 Å². The smallest absolute Gasteiger partial charge is 0.230 e. The topological polar surface area (TPSA) is 64.3 Å². The highest BCUT2D eigenvalue weighted by molar-refractivity contribution is 8.00. The number of ether oxygens (including phenoxy) is 1. The molecule has 20 heavy (non-hydrogen) atoms. The number of nitrogens with two attached hydrogens (primary N) is 1. The van der Waals surface area contributed by atoms with E-state index in [-0.39, 0.29) is 24.4 Å². The van der Waals surface area contributed by atoms with Gasteiger partial charge >= 0.3 is 0 Å². The lowest BCUT2D eigenvalue weighted by atomic mass is 10.2. The Morgan fingerprint density at radius 1 is 1.55 bits per heavy atom. The highest BCUT2D eigenvalue weighted by Crippen LogP contribution is 2.31. The Balaban J connectivity index is 0.00000200. The molecule has 1 saturated carbocycles. The summed E-state index contributed by atoms with van der Waals surface area (Å²) in [5.74, 6) is 1.86. The quantitative estimate of drug-likeness (QED) is 0.756. The van der Waals surface area contributed by atoms with E-state index in [1.54, 1.807) is 7.11 Å². The molecule has 1 aromatic rings. The Hall–Kier alpha value is -0.910. The number of thioether (sulfide) groups is 1. The number of carbonyl (C=O) groups is 1. The number of halogens is 1. The number of hydrogen-bond donors (Lipinski definition) is 2. The predicted octanol–water partition coefficient (Wildman–Crippen LogP) is 2.06. The summed E-state index contributed by atoms with van der Waals surface area (Å²) in [5, 5.41) is 2.89. The van der Waals surface area contributed by atoms with Crippen molar-refractivity contribution in [1.82, 2.24) is 5.32 Å². The van der Waals surface area contributed by atoms with Gasteiger partial charge < -0.3 is 15.8 Å². The normalized spacial score (nSPS) is 15.1. The van der Waals surface area contributed by atoms with E-state index in [2.05, 4.69) is 5.32 Å². The third kappa shape index (κ3) is 5.61. The number of rotatable bonds is 7. The monoisotopic (exact) mass is 316 g/mol. The van der Waals surface area contributed by atoms with Crippen LogP contribution in [0.25, 0.3) is 0 Å². The number of hydrogen-bond acceptors (Lipinski definition) is 4. The fourth-order valence-corrected chi connectivity index (χ4v) is 2.59. The molecule has 1 aromatic carbocycles. The van der Waals surface area contributed by atoms with Crippen LogP contribution in [0.5, 0.6) is 5.75 Å². The summed E-state index contributed by atoms with van der Waals surface area (Å²) in [7, 11) is 1.63. The second kappa shape index (κ2) is 8.39. The SMILES string of the molecule is COc1cccc(SCC(=O)NCC(N)C2CC2)c1.Cl. The highest BCUT2D eigenvalue weighted by atomic mass is 35.5. The summed E-state index contributed by atoms with van der Waals surface area (Å²) in [5.41, 5.74) is 5.93. The van der Waals surface area contributed by atoms with Crippen LogP contribution in [0.4, 0.5) is 0 Å². The Labute approximate surface area is 130 Å². The minimum atomic E-state index is 0. The molecule has 1 unspecified atom stereocenters. The van der Waals surface area contributed by atoms with Crippen LogP contribution in [0.2, 0.25) is 0 Å². The van der Waals surface area contributed by atoms with Crippen molar-refractivity contribution in [3.63, 3.8) is 0 Å². The molecule has 2 rings (SSSR count). The lowest BCUT2D eigenvalue weighted by Gasteiger charge is -2.11. The standard InChI is InChI=1S/C14H20N2O2S.ClH/c1-18-11-3-2-4-12(7-11)19-9-14(17)16-8-13(15)10-5-6-10;/h2-4,7,10,13H,5-6,8-9,15H2,1H3,(H,16,17);1H. The van der Waals surface area contributed by atoms with Crippen LogP contribution in [0.1, 0.15) is 12.8 Å². The van der Waals surface area contributed by atoms with Gasteiger partial charge in [0, 0.05) is 17.5 Å². The van der Waals surface area contributed by atoms with E-state index in [9.17, 15) is 4.79 Å². The van der Waals surface area contributed by atoms with Crippen LogP contribution in [-0.2, 0) is 4.79 Å². The average molecular weight is 317 g/mol. The number of carbonyl (C=O) groups excluding carboxylic acids is 1. The maximum Gasteiger partial charge on any atom is 0.230 e. The second-order valence-corrected chi connectivity index (χ2v) is 5.82. The molecule has 0 spiro atoms. The van der Waals surface area contributed by atoms with Crippen LogP contribution >= 0.6 is 24.2 Å². The Morgan fingerprint density at radius 3 is 2.95 bits per heavy atom. The molecule has 4 nitrogen and oxygen atoms in total. The molecule has 0 bridgehead atoms. The Morgan fingerprint density at radius 2 is 2.30 bits per heavy atom. The van der Waals surface area contributed by atoms with Crippen molar-refractivity contribution in [3.05, 3.63) is 24.3 Å². The molecule has 112 valence electrons. The van der Waals surface area contributed by atoms with Gasteiger partial charge in [-0.15, -0.1) is 24.2 Å². The van der Waals surface area contributed by atoms with Crippen molar-refractivity contribution in [2.75, 3.05) is 19.4 Å². The molecule has 0 aromatic heterocycles. The van der Waals surface area contributed by atoms with Crippen LogP contribution in [0, 0.1) is 5.92 Å². The van der Waals surface area contributed by atoms with Crippen LogP contribution in [0.15, 0.2) is 29.2 Å². The molecule has 1 fully saturated rings. The van der Waals surface area contributed by atoms with Gasteiger partial charge in [0.1, 0.15) is 5.75 Å². The van der Waals surface area contributed by atoms with Gasteiger partial charge in [0.05, 0.1) is 12.9 Å². The maximum absolute atomic E-state index is 11.7. The number of methoxy groups -OCH3 is 1.